The maximum atomic E-state index is 13.2. The lowest BCUT2D eigenvalue weighted by molar-refractivity contribution is -0.0499. The third-order valence-corrected chi connectivity index (χ3v) is 3.05. The molecular formula is C9H3F5O4S. The van der Waals surface area contributed by atoms with Gasteiger partial charge in [-0.3, -0.25) is 0 Å². The monoisotopic (exact) mass is 302 g/mol. The van der Waals surface area contributed by atoms with Crippen LogP contribution in [0.2, 0.25) is 0 Å². The Kier molecular flexibility index (Phi) is 2.92. The Morgan fingerprint density at radius 2 is 1.79 bits per heavy atom. The number of alkyl halides is 3. The number of benzene rings is 1. The molecular weight excluding hydrogens is 299 g/mol. The van der Waals surface area contributed by atoms with Gasteiger partial charge in [0, 0.05) is 0 Å². The summed E-state index contributed by atoms with van der Waals surface area (Å²) in [7, 11) is -5.91. The molecule has 1 aromatic heterocycles. The molecule has 0 fully saturated rings. The van der Waals surface area contributed by atoms with Crippen LogP contribution in [-0.2, 0) is 10.1 Å². The van der Waals surface area contributed by atoms with Crippen molar-refractivity contribution in [3.05, 3.63) is 30.0 Å². The summed E-state index contributed by atoms with van der Waals surface area (Å²) in [6, 6.07) is 1.43. The first kappa shape index (κ1) is 13.6. The fraction of sp³-hybridized carbons (Fsp3) is 0.111. The van der Waals surface area contributed by atoms with Crippen molar-refractivity contribution >= 4 is 21.1 Å². The van der Waals surface area contributed by atoms with Crippen molar-refractivity contribution in [2.45, 2.75) is 5.51 Å². The van der Waals surface area contributed by atoms with Crippen molar-refractivity contribution in [1.29, 1.82) is 0 Å². The average molecular weight is 302 g/mol. The molecule has 104 valence electrons. The molecule has 0 saturated heterocycles. The minimum Gasteiger partial charge on any atom is -0.457 e. The number of rotatable bonds is 2. The quantitative estimate of drug-likeness (QED) is 0.486. The molecule has 1 heterocycles. The number of furan rings is 1. The fourth-order valence-electron chi connectivity index (χ4n) is 1.25. The number of halogens is 5. The minimum atomic E-state index is -5.91. The summed E-state index contributed by atoms with van der Waals surface area (Å²) in [6.07, 6.45) is 0.441. The SMILES string of the molecule is O=S(=O)(Oc1coc2c(F)c(F)ccc12)C(F)(F)F. The van der Waals surface area contributed by atoms with E-state index in [0.717, 1.165) is 6.07 Å². The van der Waals surface area contributed by atoms with Gasteiger partial charge < -0.3 is 8.60 Å². The molecule has 0 radical (unpaired) electrons. The summed E-state index contributed by atoms with van der Waals surface area (Å²) in [4.78, 5) is 0. The lowest BCUT2D eigenvalue weighted by atomic mass is 10.2. The highest BCUT2D eigenvalue weighted by molar-refractivity contribution is 7.88. The first-order valence-electron chi connectivity index (χ1n) is 4.49. The molecule has 2 aromatic rings. The summed E-state index contributed by atoms with van der Waals surface area (Å²) < 4.78 is 92.0. The Labute approximate surface area is 102 Å². The van der Waals surface area contributed by atoms with Crippen LogP contribution in [0.5, 0.6) is 5.75 Å². The van der Waals surface area contributed by atoms with E-state index in [4.69, 9.17) is 0 Å². The molecule has 0 spiro atoms. The molecule has 0 saturated carbocycles. The lowest BCUT2D eigenvalue weighted by Crippen LogP contribution is -2.27. The average Bonchev–Trinajstić information content (AvgIpc) is 2.65. The van der Waals surface area contributed by atoms with Crippen molar-refractivity contribution in [2.75, 3.05) is 0 Å². The molecule has 0 unspecified atom stereocenters. The van der Waals surface area contributed by atoms with E-state index in [1.54, 1.807) is 0 Å². The van der Waals surface area contributed by atoms with Crippen LogP contribution < -0.4 is 4.18 Å². The molecule has 1 aromatic carbocycles. The van der Waals surface area contributed by atoms with Gasteiger partial charge in [-0.05, 0) is 12.1 Å². The van der Waals surface area contributed by atoms with Gasteiger partial charge in [0.05, 0.1) is 5.39 Å². The van der Waals surface area contributed by atoms with Gasteiger partial charge in [-0.2, -0.15) is 26.0 Å². The van der Waals surface area contributed by atoms with E-state index >= 15 is 0 Å². The van der Waals surface area contributed by atoms with E-state index in [2.05, 4.69) is 8.60 Å². The smallest absolute Gasteiger partial charge is 0.457 e. The van der Waals surface area contributed by atoms with Gasteiger partial charge in [-0.15, -0.1) is 0 Å². The first-order chi connectivity index (χ1) is 8.63. The van der Waals surface area contributed by atoms with E-state index in [9.17, 15) is 30.4 Å². The van der Waals surface area contributed by atoms with Crippen LogP contribution in [0.4, 0.5) is 22.0 Å². The Morgan fingerprint density at radius 3 is 2.37 bits per heavy atom. The molecule has 4 nitrogen and oxygen atoms in total. The minimum absolute atomic E-state index is 0.438. The Bertz CT molecular complexity index is 731. The van der Waals surface area contributed by atoms with Gasteiger partial charge in [-0.25, -0.2) is 4.39 Å². The van der Waals surface area contributed by atoms with Gasteiger partial charge in [0.2, 0.25) is 5.82 Å². The van der Waals surface area contributed by atoms with Crippen molar-refractivity contribution in [2.24, 2.45) is 0 Å². The van der Waals surface area contributed by atoms with Gasteiger partial charge in [-0.1, -0.05) is 0 Å². The van der Waals surface area contributed by atoms with Gasteiger partial charge >= 0.3 is 15.6 Å². The largest absolute Gasteiger partial charge is 0.534 e. The predicted molar refractivity (Wildman–Crippen MR) is 51.7 cm³/mol. The zero-order valence-corrected chi connectivity index (χ0v) is 9.48. The maximum absolute atomic E-state index is 13.2. The van der Waals surface area contributed by atoms with E-state index < -0.39 is 44.0 Å². The van der Waals surface area contributed by atoms with E-state index in [1.165, 1.54) is 0 Å². The molecule has 0 N–H and O–H groups in total. The van der Waals surface area contributed by atoms with Crippen LogP contribution in [-0.4, -0.2) is 13.9 Å². The van der Waals surface area contributed by atoms with Crippen LogP contribution in [0.25, 0.3) is 11.0 Å². The van der Waals surface area contributed by atoms with Crippen molar-refractivity contribution in [3.8, 4) is 5.75 Å². The highest BCUT2D eigenvalue weighted by Gasteiger charge is 2.49. The van der Waals surface area contributed by atoms with E-state index in [-0.39, 0.29) is 0 Å². The predicted octanol–water partition coefficient (Wildman–Crippen LogP) is 2.94. The van der Waals surface area contributed by atoms with Crippen LogP contribution in [0.15, 0.2) is 22.8 Å². The van der Waals surface area contributed by atoms with E-state index in [0.29, 0.717) is 12.3 Å². The topological polar surface area (TPSA) is 56.5 Å². The molecule has 0 aliphatic heterocycles. The number of hydrogen-bond acceptors (Lipinski definition) is 4. The molecule has 0 aliphatic carbocycles. The fourth-order valence-corrected chi connectivity index (χ4v) is 1.71. The van der Waals surface area contributed by atoms with Crippen LogP contribution in [0.3, 0.4) is 0 Å². The van der Waals surface area contributed by atoms with Gasteiger partial charge in [0.25, 0.3) is 0 Å². The van der Waals surface area contributed by atoms with E-state index in [1.807, 2.05) is 0 Å². The normalized spacial score (nSPS) is 12.9. The van der Waals surface area contributed by atoms with Crippen molar-refractivity contribution in [1.82, 2.24) is 0 Å². The van der Waals surface area contributed by atoms with Gasteiger partial charge in [0.1, 0.15) is 6.26 Å². The highest BCUT2D eigenvalue weighted by Crippen LogP contribution is 2.34. The molecule has 10 heteroatoms. The Morgan fingerprint density at radius 1 is 1.16 bits per heavy atom. The second kappa shape index (κ2) is 4.08. The number of hydrogen-bond donors (Lipinski definition) is 0. The first-order valence-corrected chi connectivity index (χ1v) is 5.90. The molecule has 0 atom stereocenters. The molecule has 2 rings (SSSR count). The molecule has 19 heavy (non-hydrogen) atoms. The van der Waals surface area contributed by atoms with Crippen LogP contribution in [0.1, 0.15) is 0 Å². The zero-order valence-electron chi connectivity index (χ0n) is 8.66. The standard InChI is InChI=1S/C9H3F5O4S/c10-5-2-1-4-6(3-17-8(4)7(5)11)18-19(15,16)9(12,13)14/h1-3H. The van der Waals surface area contributed by atoms with Gasteiger partial charge in [0.15, 0.2) is 17.1 Å². The molecule has 0 aliphatic rings. The molecule has 0 amide bonds. The second-order valence-corrected chi connectivity index (χ2v) is 4.86. The van der Waals surface area contributed by atoms with Crippen LogP contribution >= 0.6 is 0 Å². The Hall–Kier alpha value is -1.84. The summed E-state index contributed by atoms with van der Waals surface area (Å²) in [5.74, 6) is -3.64. The second-order valence-electron chi connectivity index (χ2n) is 3.32. The van der Waals surface area contributed by atoms with Crippen LogP contribution in [0, 0.1) is 11.6 Å². The Balaban J connectivity index is 2.52. The molecule has 0 bridgehead atoms. The zero-order chi connectivity index (χ0) is 14.4. The third-order valence-electron chi connectivity index (χ3n) is 2.08. The summed E-state index contributed by atoms with van der Waals surface area (Å²) in [6.45, 7) is 0. The number of fused-ring (bicyclic) bond motifs is 1. The lowest BCUT2D eigenvalue weighted by Gasteiger charge is -2.07. The maximum Gasteiger partial charge on any atom is 0.534 e. The third kappa shape index (κ3) is 2.23. The summed E-state index contributed by atoms with van der Waals surface area (Å²) >= 11 is 0. The highest BCUT2D eigenvalue weighted by atomic mass is 32.2. The van der Waals surface area contributed by atoms with Crippen molar-refractivity contribution < 1.29 is 39.0 Å². The summed E-state index contributed by atoms with van der Waals surface area (Å²) in [5.41, 5.74) is -6.39. The van der Waals surface area contributed by atoms with Crippen molar-refractivity contribution in [3.63, 3.8) is 0 Å². The summed E-state index contributed by atoms with van der Waals surface area (Å²) in [5, 5.41) is -0.438.